The van der Waals surface area contributed by atoms with Crippen LogP contribution < -0.4 is 9.60 Å². The molecule has 0 saturated carbocycles. The Morgan fingerprint density at radius 1 is 1.21 bits per heavy atom. The average Bonchev–Trinajstić information content (AvgIpc) is 2.96. The highest BCUT2D eigenvalue weighted by molar-refractivity contribution is 7.92. The van der Waals surface area contributed by atoms with Crippen molar-refractivity contribution in [3.63, 3.8) is 0 Å². The molecule has 0 aliphatic heterocycles. The summed E-state index contributed by atoms with van der Waals surface area (Å²) in [4.78, 5) is 23.7. The first-order chi connectivity index (χ1) is 13.1. The first-order valence-corrected chi connectivity index (χ1v) is 10.9. The van der Waals surface area contributed by atoms with Crippen LogP contribution in [0.1, 0.15) is 30.2 Å². The zero-order chi connectivity index (χ0) is 20.6. The molecule has 0 unspecified atom stereocenters. The molecule has 0 saturated heterocycles. The van der Waals surface area contributed by atoms with Crippen molar-refractivity contribution in [1.82, 2.24) is 4.57 Å². The highest BCUT2D eigenvalue weighted by atomic mass is 35.5. The van der Waals surface area contributed by atoms with Crippen LogP contribution in [0.2, 0.25) is 5.02 Å². The van der Waals surface area contributed by atoms with Crippen molar-refractivity contribution in [2.24, 2.45) is 0 Å². The van der Waals surface area contributed by atoms with Crippen molar-refractivity contribution in [1.29, 1.82) is 0 Å². The van der Waals surface area contributed by atoms with Gasteiger partial charge < -0.3 is 4.74 Å². The van der Waals surface area contributed by atoms with Gasteiger partial charge in [-0.3, -0.25) is 14.1 Å². The Hall–Kier alpha value is -2.36. The third-order valence-electron chi connectivity index (χ3n) is 4.04. The number of aromatic nitrogens is 1. The summed E-state index contributed by atoms with van der Waals surface area (Å²) in [6.45, 7) is 3.81. The van der Waals surface area contributed by atoms with Gasteiger partial charge in [0.2, 0.25) is 0 Å². The molecule has 0 aliphatic carbocycles. The Kier molecular flexibility index (Phi) is 5.51. The maximum absolute atomic E-state index is 12.7. The van der Waals surface area contributed by atoms with Gasteiger partial charge in [-0.1, -0.05) is 22.9 Å². The minimum Gasteiger partial charge on any atom is -0.465 e. The largest absolute Gasteiger partial charge is 0.465 e. The Bertz CT molecular complexity index is 1230. The standard InChI is InChI=1S/C18H17ClN2O5S2/c1-10(2)21-15-7-4-11(8-16(15)27-18(21)23)20-28(24,25)12-5-6-14(19)13(9-12)17(22)26-3/h4-10,20H,1-3H3. The summed E-state index contributed by atoms with van der Waals surface area (Å²) in [6.07, 6.45) is 0. The van der Waals surface area contributed by atoms with Gasteiger partial charge in [-0.2, -0.15) is 0 Å². The van der Waals surface area contributed by atoms with Crippen LogP contribution in [0.5, 0.6) is 0 Å². The lowest BCUT2D eigenvalue weighted by Crippen LogP contribution is -2.15. The number of methoxy groups -OCH3 is 1. The van der Waals surface area contributed by atoms with Gasteiger partial charge in [-0.05, 0) is 50.2 Å². The number of benzene rings is 2. The highest BCUT2D eigenvalue weighted by Crippen LogP contribution is 2.27. The normalized spacial score (nSPS) is 11.8. The maximum atomic E-state index is 12.7. The van der Waals surface area contributed by atoms with E-state index < -0.39 is 16.0 Å². The number of esters is 1. The summed E-state index contributed by atoms with van der Waals surface area (Å²) in [5.41, 5.74) is 1.00. The Labute approximate surface area is 170 Å². The molecule has 0 aliphatic rings. The van der Waals surface area contributed by atoms with Gasteiger partial charge in [0.1, 0.15) is 0 Å². The van der Waals surface area contributed by atoms with Crippen molar-refractivity contribution >= 4 is 54.8 Å². The second-order valence-corrected chi connectivity index (χ2v) is 9.34. The van der Waals surface area contributed by atoms with Crippen molar-refractivity contribution in [3.05, 3.63) is 56.7 Å². The lowest BCUT2D eigenvalue weighted by Gasteiger charge is -2.11. The second-order valence-electron chi connectivity index (χ2n) is 6.25. The Balaban J connectivity index is 1.99. The molecule has 28 heavy (non-hydrogen) atoms. The van der Waals surface area contributed by atoms with E-state index in [1.54, 1.807) is 22.8 Å². The molecule has 0 bridgehead atoms. The van der Waals surface area contributed by atoms with E-state index >= 15 is 0 Å². The summed E-state index contributed by atoms with van der Waals surface area (Å²) in [5, 5.41) is 0.0898. The van der Waals surface area contributed by atoms with E-state index in [1.807, 2.05) is 13.8 Å². The van der Waals surface area contributed by atoms with Gasteiger partial charge in [-0.25, -0.2) is 13.2 Å². The molecule has 3 rings (SSSR count). The number of carbonyl (C=O) groups is 1. The molecule has 0 radical (unpaired) electrons. The smallest absolute Gasteiger partial charge is 0.339 e. The van der Waals surface area contributed by atoms with E-state index in [4.69, 9.17) is 11.6 Å². The molecule has 1 aromatic heterocycles. The zero-order valence-electron chi connectivity index (χ0n) is 15.2. The van der Waals surface area contributed by atoms with Crippen molar-refractivity contribution in [2.75, 3.05) is 11.8 Å². The second kappa shape index (κ2) is 7.57. The number of anilines is 1. The van der Waals surface area contributed by atoms with E-state index in [1.165, 1.54) is 19.2 Å². The van der Waals surface area contributed by atoms with Crippen LogP contribution in [0.15, 0.2) is 46.1 Å². The first kappa shape index (κ1) is 20.4. The number of rotatable bonds is 5. The SMILES string of the molecule is COC(=O)c1cc(S(=O)(=O)Nc2ccc3c(c2)sc(=O)n3C(C)C)ccc1Cl. The van der Waals surface area contributed by atoms with Crippen LogP contribution in [-0.4, -0.2) is 26.1 Å². The van der Waals surface area contributed by atoms with Gasteiger partial charge in [-0.15, -0.1) is 0 Å². The van der Waals surface area contributed by atoms with E-state index in [9.17, 15) is 18.0 Å². The number of sulfonamides is 1. The predicted octanol–water partition coefficient (Wildman–Crippen LogP) is 3.88. The minimum atomic E-state index is -3.98. The first-order valence-electron chi connectivity index (χ1n) is 8.20. The molecule has 0 fully saturated rings. The average molecular weight is 441 g/mol. The lowest BCUT2D eigenvalue weighted by atomic mass is 10.2. The van der Waals surface area contributed by atoms with Crippen molar-refractivity contribution in [2.45, 2.75) is 24.8 Å². The quantitative estimate of drug-likeness (QED) is 0.607. The highest BCUT2D eigenvalue weighted by Gasteiger charge is 2.20. The van der Waals surface area contributed by atoms with E-state index in [0.717, 1.165) is 22.9 Å². The van der Waals surface area contributed by atoms with E-state index in [-0.39, 0.29) is 26.4 Å². The Morgan fingerprint density at radius 3 is 2.57 bits per heavy atom. The van der Waals surface area contributed by atoms with Gasteiger partial charge in [0, 0.05) is 6.04 Å². The van der Waals surface area contributed by atoms with Crippen LogP contribution >= 0.6 is 22.9 Å². The molecule has 0 spiro atoms. The van der Waals surface area contributed by atoms with Gasteiger partial charge >= 0.3 is 10.8 Å². The summed E-state index contributed by atoms with van der Waals surface area (Å²) in [5.74, 6) is -0.733. The molecule has 148 valence electrons. The molecule has 1 heterocycles. The number of halogens is 1. The lowest BCUT2D eigenvalue weighted by molar-refractivity contribution is 0.0600. The van der Waals surface area contributed by atoms with Gasteiger partial charge in [0.15, 0.2) is 0 Å². The third-order valence-corrected chi connectivity index (χ3v) is 6.66. The molecule has 10 heteroatoms. The molecular weight excluding hydrogens is 424 g/mol. The summed E-state index contributed by atoms with van der Waals surface area (Å²) in [6, 6.07) is 8.66. The summed E-state index contributed by atoms with van der Waals surface area (Å²) >= 11 is 6.99. The van der Waals surface area contributed by atoms with E-state index in [0.29, 0.717) is 10.4 Å². The fourth-order valence-electron chi connectivity index (χ4n) is 2.74. The topological polar surface area (TPSA) is 94.5 Å². The molecule has 0 atom stereocenters. The number of carbonyl (C=O) groups excluding carboxylic acids is 1. The van der Waals surface area contributed by atoms with Crippen LogP contribution in [0, 0.1) is 0 Å². The van der Waals surface area contributed by atoms with Crippen LogP contribution in [-0.2, 0) is 14.8 Å². The number of nitrogens with one attached hydrogen (secondary N) is 1. The van der Waals surface area contributed by atoms with Gasteiger partial charge in [0.05, 0.1) is 38.5 Å². The number of hydrogen-bond acceptors (Lipinski definition) is 6. The number of hydrogen-bond donors (Lipinski definition) is 1. The van der Waals surface area contributed by atoms with Crippen LogP contribution in [0.4, 0.5) is 5.69 Å². The monoisotopic (exact) mass is 440 g/mol. The van der Waals surface area contributed by atoms with Crippen molar-refractivity contribution in [3.8, 4) is 0 Å². The molecule has 2 aromatic carbocycles. The minimum absolute atomic E-state index is 0.00500. The molecular formula is C18H17ClN2O5S2. The third kappa shape index (κ3) is 3.78. The molecule has 7 nitrogen and oxygen atoms in total. The number of ether oxygens (including phenoxy) is 1. The van der Waals surface area contributed by atoms with Crippen LogP contribution in [0.25, 0.3) is 10.2 Å². The molecule has 0 amide bonds. The fraction of sp³-hybridized carbons (Fsp3) is 0.222. The predicted molar refractivity (Wildman–Crippen MR) is 110 cm³/mol. The van der Waals surface area contributed by atoms with Gasteiger partial charge in [0.25, 0.3) is 10.0 Å². The number of nitrogens with zero attached hydrogens (tertiary/aromatic N) is 1. The van der Waals surface area contributed by atoms with Crippen molar-refractivity contribution < 1.29 is 17.9 Å². The number of fused-ring (bicyclic) bond motifs is 1. The summed E-state index contributed by atoms with van der Waals surface area (Å²) in [7, 11) is -2.80. The molecule has 1 N–H and O–H groups in total. The summed E-state index contributed by atoms with van der Waals surface area (Å²) < 4.78 is 34.8. The Morgan fingerprint density at radius 2 is 1.93 bits per heavy atom. The fourth-order valence-corrected chi connectivity index (χ4v) is 5.06. The molecule has 3 aromatic rings. The van der Waals surface area contributed by atoms with Crippen LogP contribution in [0.3, 0.4) is 0 Å². The zero-order valence-corrected chi connectivity index (χ0v) is 17.6. The van der Waals surface area contributed by atoms with E-state index in [2.05, 4.69) is 9.46 Å². The number of thiazole rings is 1. The maximum Gasteiger partial charge on any atom is 0.339 e.